The predicted octanol–water partition coefficient (Wildman–Crippen LogP) is 3.62. The zero-order valence-corrected chi connectivity index (χ0v) is 12.4. The van der Waals surface area contributed by atoms with Gasteiger partial charge in [0.25, 0.3) is 0 Å². The number of rotatable bonds is 3. The zero-order valence-electron chi connectivity index (χ0n) is 12.4. The molecule has 0 fully saturated rings. The predicted molar refractivity (Wildman–Crippen MR) is 81.5 cm³/mol. The van der Waals surface area contributed by atoms with Gasteiger partial charge in [-0.05, 0) is 6.42 Å². The fourth-order valence-electron chi connectivity index (χ4n) is 1.87. The lowest BCUT2D eigenvalue weighted by molar-refractivity contribution is -0.123. The van der Waals surface area contributed by atoms with Crippen molar-refractivity contribution in [2.75, 3.05) is 5.32 Å². The van der Waals surface area contributed by atoms with Crippen molar-refractivity contribution in [2.45, 2.75) is 34.1 Å². The number of amides is 1. The number of aromatic nitrogens is 2. The second-order valence-corrected chi connectivity index (χ2v) is 5.85. The molecule has 1 aromatic heterocycles. The van der Waals surface area contributed by atoms with E-state index in [2.05, 4.69) is 15.5 Å². The number of hydrogen-bond acceptors (Lipinski definition) is 2. The van der Waals surface area contributed by atoms with Crippen LogP contribution in [0.25, 0.3) is 11.3 Å². The molecule has 0 unspecified atom stereocenters. The Morgan fingerprint density at radius 2 is 1.90 bits per heavy atom. The van der Waals surface area contributed by atoms with Crippen LogP contribution in [0.2, 0.25) is 0 Å². The lowest BCUT2D eigenvalue weighted by Gasteiger charge is -2.18. The molecule has 1 aromatic carbocycles. The topological polar surface area (TPSA) is 57.8 Å². The van der Waals surface area contributed by atoms with E-state index in [0.29, 0.717) is 0 Å². The molecule has 0 aliphatic rings. The van der Waals surface area contributed by atoms with Gasteiger partial charge in [-0.1, -0.05) is 58.0 Å². The van der Waals surface area contributed by atoms with Crippen molar-refractivity contribution in [1.29, 1.82) is 0 Å². The number of hydrogen-bond donors (Lipinski definition) is 2. The highest BCUT2D eigenvalue weighted by molar-refractivity contribution is 5.98. The number of nitrogens with zero attached hydrogens (tertiary/aromatic N) is 1. The van der Waals surface area contributed by atoms with Gasteiger partial charge in [-0.3, -0.25) is 9.89 Å². The van der Waals surface area contributed by atoms with E-state index in [1.807, 2.05) is 58.0 Å². The Morgan fingerprint density at radius 3 is 2.45 bits per heavy atom. The summed E-state index contributed by atoms with van der Waals surface area (Å²) in [5, 5.41) is 10.4. The SMILES string of the molecule is CCc1[nH]nc(-c2ccccc2)c1NC(=O)C(C)(C)C. The van der Waals surface area contributed by atoms with Crippen LogP contribution in [-0.2, 0) is 11.2 Å². The van der Waals surface area contributed by atoms with E-state index in [0.717, 1.165) is 29.1 Å². The average molecular weight is 271 g/mol. The van der Waals surface area contributed by atoms with E-state index < -0.39 is 5.41 Å². The van der Waals surface area contributed by atoms with Crippen LogP contribution in [0.15, 0.2) is 30.3 Å². The molecular formula is C16H21N3O. The van der Waals surface area contributed by atoms with Gasteiger partial charge in [0.1, 0.15) is 5.69 Å². The van der Waals surface area contributed by atoms with E-state index in [9.17, 15) is 4.79 Å². The van der Waals surface area contributed by atoms with Gasteiger partial charge < -0.3 is 5.32 Å². The molecule has 2 N–H and O–H groups in total. The Balaban J connectivity index is 2.41. The molecule has 0 radical (unpaired) electrons. The molecule has 4 heteroatoms. The minimum absolute atomic E-state index is 0.00854. The number of carbonyl (C=O) groups is 1. The highest BCUT2D eigenvalue weighted by Gasteiger charge is 2.24. The van der Waals surface area contributed by atoms with Gasteiger partial charge in [0.2, 0.25) is 5.91 Å². The molecule has 2 rings (SSSR count). The van der Waals surface area contributed by atoms with Crippen molar-refractivity contribution >= 4 is 11.6 Å². The first-order valence-electron chi connectivity index (χ1n) is 6.87. The van der Waals surface area contributed by atoms with Crippen molar-refractivity contribution in [2.24, 2.45) is 5.41 Å². The Hall–Kier alpha value is -2.10. The van der Waals surface area contributed by atoms with Gasteiger partial charge >= 0.3 is 0 Å². The lowest BCUT2D eigenvalue weighted by Crippen LogP contribution is -2.28. The second-order valence-electron chi connectivity index (χ2n) is 5.85. The summed E-state index contributed by atoms with van der Waals surface area (Å²) in [4.78, 5) is 12.2. The molecule has 4 nitrogen and oxygen atoms in total. The van der Waals surface area contributed by atoms with Crippen LogP contribution in [-0.4, -0.2) is 16.1 Å². The molecule has 0 spiro atoms. The van der Waals surface area contributed by atoms with E-state index >= 15 is 0 Å². The third-order valence-electron chi connectivity index (χ3n) is 3.16. The van der Waals surface area contributed by atoms with Gasteiger partial charge in [0, 0.05) is 11.0 Å². The summed E-state index contributed by atoms with van der Waals surface area (Å²) >= 11 is 0. The molecule has 0 aliphatic heterocycles. The summed E-state index contributed by atoms with van der Waals surface area (Å²) in [5.41, 5.74) is 3.09. The van der Waals surface area contributed by atoms with Crippen LogP contribution < -0.4 is 5.32 Å². The highest BCUT2D eigenvalue weighted by atomic mass is 16.2. The lowest BCUT2D eigenvalue weighted by atomic mass is 9.95. The maximum absolute atomic E-state index is 12.2. The summed E-state index contributed by atoms with van der Waals surface area (Å²) < 4.78 is 0. The monoisotopic (exact) mass is 271 g/mol. The Morgan fingerprint density at radius 1 is 1.25 bits per heavy atom. The van der Waals surface area contributed by atoms with E-state index in [4.69, 9.17) is 0 Å². The van der Waals surface area contributed by atoms with Crippen molar-refractivity contribution in [3.05, 3.63) is 36.0 Å². The normalized spacial score (nSPS) is 11.4. The van der Waals surface area contributed by atoms with Crippen LogP contribution in [0.1, 0.15) is 33.4 Å². The third-order valence-corrected chi connectivity index (χ3v) is 3.16. The third kappa shape index (κ3) is 2.90. The molecule has 0 saturated carbocycles. The molecule has 0 saturated heterocycles. The molecule has 1 amide bonds. The van der Waals surface area contributed by atoms with Gasteiger partial charge in [-0.15, -0.1) is 0 Å². The second kappa shape index (κ2) is 5.49. The fourth-order valence-corrected chi connectivity index (χ4v) is 1.87. The molecule has 0 bridgehead atoms. The molecule has 0 aliphatic carbocycles. The highest BCUT2D eigenvalue weighted by Crippen LogP contribution is 2.30. The fraction of sp³-hybridized carbons (Fsp3) is 0.375. The van der Waals surface area contributed by atoms with Crippen LogP contribution in [0.4, 0.5) is 5.69 Å². The zero-order chi connectivity index (χ0) is 14.8. The minimum atomic E-state index is -0.434. The van der Waals surface area contributed by atoms with Crippen LogP contribution in [0.5, 0.6) is 0 Å². The molecule has 0 atom stereocenters. The molecule has 1 heterocycles. The Labute approximate surface area is 119 Å². The first kappa shape index (κ1) is 14.3. The maximum atomic E-state index is 12.2. The first-order chi connectivity index (χ1) is 9.43. The minimum Gasteiger partial charge on any atom is -0.322 e. The number of H-pyrrole nitrogens is 1. The van der Waals surface area contributed by atoms with Gasteiger partial charge in [-0.2, -0.15) is 5.10 Å². The maximum Gasteiger partial charge on any atom is 0.229 e. The van der Waals surface area contributed by atoms with Crippen LogP contribution in [0.3, 0.4) is 0 Å². The average Bonchev–Trinajstić information content (AvgIpc) is 2.81. The van der Waals surface area contributed by atoms with Gasteiger partial charge in [0.15, 0.2) is 0 Å². The quantitative estimate of drug-likeness (QED) is 0.895. The number of aromatic amines is 1. The van der Waals surface area contributed by atoms with Crippen molar-refractivity contribution in [3.63, 3.8) is 0 Å². The van der Waals surface area contributed by atoms with Crippen LogP contribution >= 0.6 is 0 Å². The summed E-state index contributed by atoms with van der Waals surface area (Å²) in [6.07, 6.45) is 0.791. The number of anilines is 1. The van der Waals surface area contributed by atoms with Crippen molar-refractivity contribution < 1.29 is 4.79 Å². The summed E-state index contributed by atoms with van der Waals surface area (Å²) in [7, 11) is 0. The van der Waals surface area contributed by atoms with Crippen molar-refractivity contribution in [3.8, 4) is 11.3 Å². The van der Waals surface area contributed by atoms with E-state index in [1.54, 1.807) is 0 Å². The van der Waals surface area contributed by atoms with E-state index in [-0.39, 0.29) is 5.91 Å². The summed E-state index contributed by atoms with van der Waals surface area (Å²) in [5.74, 6) is -0.00854. The molecular weight excluding hydrogens is 250 g/mol. The first-order valence-corrected chi connectivity index (χ1v) is 6.87. The largest absolute Gasteiger partial charge is 0.322 e. The standard InChI is InChI=1S/C16H21N3O/c1-5-12-14(17-15(20)16(2,3)4)13(19-18-12)11-9-7-6-8-10-11/h6-10H,5H2,1-4H3,(H,17,20)(H,18,19). The Bertz CT molecular complexity index is 594. The smallest absolute Gasteiger partial charge is 0.229 e. The van der Waals surface area contributed by atoms with E-state index in [1.165, 1.54) is 0 Å². The number of aryl methyl sites for hydroxylation is 1. The molecule has 20 heavy (non-hydrogen) atoms. The summed E-state index contributed by atoms with van der Waals surface area (Å²) in [6.45, 7) is 7.73. The van der Waals surface area contributed by atoms with Gasteiger partial charge in [0.05, 0.1) is 11.4 Å². The Kier molecular flexibility index (Phi) is 3.93. The number of benzene rings is 1. The van der Waals surface area contributed by atoms with Gasteiger partial charge in [-0.25, -0.2) is 0 Å². The van der Waals surface area contributed by atoms with Crippen molar-refractivity contribution in [1.82, 2.24) is 10.2 Å². The number of carbonyl (C=O) groups excluding carboxylic acids is 1. The molecule has 2 aromatic rings. The summed E-state index contributed by atoms with van der Waals surface area (Å²) in [6, 6.07) is 9.87. The number of nitrogens with one attached hydrogen (secondary N) is 2. The molecule has 106 valence electrons. The van der Waals surface area contributed by atoms with Crippen LogP contribution in [0, 0.1) is 5.41 Å².